The van der Waals surface area contributed by atoms with Crippen LogP contribution in [0.25, 0.3) is 0 Å². The van der Waals surface area contributed by atoms with Gasteiger partial charge in [-0.2, -0.15) is 0 Å². The maximum Gasteiger partial charge on any atom is 2.00 e. The van der Waals surface area contributed by atoms with E-state index in [0.717, 1.165) is 0 Å². The SMILES string of the molecule is CC[O-].[Mg+2].[OH-]. The first-order valence-corrected chi connectivity index (χ1v) is 0.996. The molecule has 0 saturated carbocycles. The summed E-state index contributed by atoms with van der Waals surface area (Å²) >= 11 is 0. The van der Waals surface area contributed by atoms with Crippen molar-refractivity contribution in [2.24, 2.45) is 0 Å². The summed E-state index contributed by atoms with van der Waals surface area (Å²) in [4.78, 5) is 0. The Kier molecular flexibility index (Phi) is 77.5. The summed E-state index contributed by atoms with van der Waals surface area (Å²) in [7, 11) is 0. The van der Waals surface area contributed by atoms with Crippen LogP contribution < -0.4 is 5.11 Å². The Morgan fingerprint density at radius 2 is 1.60 bits per heavy atom. The van der Waals surface area contributed by atoms with E-state index < -0.39 is 0 Å². The fourth-order valence-electron chi connectivity index (χ4n) is 0. The molecule has 0 saturated heterocycles. The Morgan fingerprint density at radius 3 is 1.60 bits per heavy atom. The van der Waals surface area contributed by atoms with Gasteiger partial charge in [0, 0.05) is 0 Å². The van der Waals surface area contributed by atoms with Crippen molar-refractivity contribution >= 4 is 23.1 Å². The Hall–Kier alpha value is 0.686. The van der Waals surface area contributed by atoms with Crippen molar-refractivity contribution in [2.45, 2.75) is 6.92 Å². The first kappa shape index (κ1) is 17.3. The summed E-state index contributed by atoms with van der Waals surface area (Å²) in [5.41, 5.74) is 0. The van der Waals surface area contributed by atoms with Crippen LogP contribution in [0.2, 0.25) is 0 Å². The van der Waals surface area contributed by atoms with Gasteiger partial charge in [-0.25, -0.2) is 0 Å². The molecule has 0 fully saturated rings. The smallest absolute Gasteiger partial charge is 0.870 e. The molecule has 0 aliphatic rings. The van der Waals surface area contributed by atoms with Gasteiger partial charge in [0.05, 0.1) is 0 Å². The quantitative estimate of drug-likeness (QED) is 0.348. The third-order valence-electron chi connectivity index (χ3n) is 0. The van der Waals surface area contributed by atoms with E-state index in [2.05, 4.69) is 0 Å². The van der Waals surface area contributed by atoms with Crippen LogP contribution in [0, 0.1) is 0 Å². The van der Waals surface area contributed by atoms with Gasteiger partial charge in [0.15, 0.2) is 0 Å². The van der Waals surface area contributed by atoms with E-state index in [1.165, 1.54) is 0 Å². The van der Waals surface area contributed by atoms with Gasteiger partial charge in [-0.1, -0.05) is 6.92 Å². The van der Waals surface area contributed by atoms with Crippen molar-refractivity contribution in [3.8, 4) is 0 Å². The molecule has 0 aliphatic heterocycles. The van der Waals surface area contributed by atoms with E-state index in [1.807, 2.05) is 0 Å². The van der Waals surface area contributed by atoms with Gasteiger partial charge in [-0.15, -0.1) is 6.61 Å². The number of hydrogen-bond donors (Lipinski definition) is 0. The summed E-state index contributed by atoms with van der Waals surface area (Å²) in [6.07, 6.45) is 0. The molecule has 0 radical (unpaired) electrons. The molecule has 3 heteroatoms. The summed E-state index contributed by atoms with van der Waals surface area (Å²) in [6.45, 7) is 1.57. The van der Waals surface area contributed by atoms with Crippen LogP contribution >= 0.6 is 0 Å². The molecule has 2 nitrogen and oxygen atoms in total. The second-order valence-corrected chi connectivity index (χ2v) is 0.289. The van der Waals surface area contributed by atoms with E-state index in [-0.39, 0.29) is 35.1 Å². The summed E-state index contributed by atoms with van der Waals surface area (Å²) in [5.74, 6) is 0. The Bertz CT molecular complexity index is 7.61. The van der Waals surface area contributed by atoms with Gasteiger partial charge in [0.1, 0.15) is 0 Å². The summed E-state index contributed by atoms with van der Waals surface area (Å²) in [5, 5.41) is 8.93. The van der Waals surface area contributed by atoms with Crippen LogP contribution in [-0.4, -0.2) is 35.1 Å². The fourth-order valence-corrected chi connectivity index (χ4v) is 0. The first-order chi connectivity index (χ1) is 1.41. The zero-order valence-corrected chi connectivity index (χ0v) is 4.68. The van der Waals surface area contributed by atoms with Crippen LogP contribution in [0.4, 0.5) is 0 Å². The van der Waals surface area contributed by atoms with Crippen molar-refractivity contribution < 1.29 is 10.6 Å². The van der Waals surface area contributed by atoms with Gasteiger partial charge in [-0.05, 0) is 0 Å². The second kappa shape index (κ2) is 22.4. The van der Waals surface area contributed by atoms with Crippen LogP contribution in [-0.2, 0) is 0 Å². The molecular formula is C2H6MgO2. The molecule has 0 atom stereocenters. The molecule has 0 unspecified atom stereocenters. The second-order valence-electron chi connectivity index (χ2n) is 0.289. The van der Waals surface area contributed by atoms with E-state index in [4.69, 9.17) is 5.11 Å². The minimum Gasteiger partial charge on any atom is -0.870 e. The molecule has 0 aromatic rings. The van der Waals surface area contributed by atoms with E-state index in [1.54, 1.807) is 6.92 Å². The third-order valence-corrected chi connectivity index (χ3v) is 0. The minimum atomic E-state index is 0. The standard InChI is InChI=1S/C2H5O.Mg.H2O/c1-2-3;;/h2H2,1H3;;1H2/q-1;+2;/p-1. The van der Waals surface area contributed by atoms with Crippen LogP contribution in [0.3, 0.4) is 0 Å². The molecule has 0 heterocycles. The van der Waals surface area contributed by atoms with Crippen molar-refractivity contribution in [2.75, 3.05) is 6.61 Å². The van der Waals surface area contributed by atoms with Gasteiger partial charge in [0.25, 0.3) is 0 Å². The predicted octanol–water partition coefficient (Wildman–Crippen LogP) is -1.19. The largest absolute Gasteiger partial charge is 2.00 e. The van der Waals surface area contributed by atoms with E-state index >= 15 is 0 Å². The maximum absolute atomic E-state index is 8.93. The summed E-state index contributed by atoms with van der Waals surface area (Å²) in [6, 6.07) is 0. The topological polar surface area (TPSA) is 53.1 Å². The Labute approximate surface area is 47.6 Å². The maximum atomic E-state index is 8.93. The average Bonchev–Trinajstić information content (AvgIpc) is 0.918. The average molecular weight is 86.4 g/mol. The van der Waals surface area contributed by atoms with Crippen LogP contribution in [0.1, 0.15) is 6.92 Å². The van der Waals surface area contributed by atoms with Crippen molar-refractivity contribution in [1.29, 1.82) is 0 Å². The Balaban J connectivity index is -0.0000000200. The van der Waals surface area contributed by atoms with Gasteiger partial charge in [-0.3, -0.25) is 0 Å². The van der Waals surface area contributed by atoms with Crippen LogP contribution in [0.15, 0.2) is 0 Å². The third kappa shape index (κ3) is 71.8. The Morgan fingerprint density at radius 1 is 1.60 bits per heavy atom. The van der Waals surface area contributed by atoms with E-state index in [9.17, 15) is 0 Å². The van der Waals surface area contributed by atoms with Crippen molar-refractivity contribution in [3.05, 3.63) is 0 Å². The molecule has 0 aromatic heterocycles. The van der Waals surface area contributed by atoms with Crippen molar-refractivity contribution in [1.82, 2.24) is 0 Å². The fraction of sp³-hybridized carbons (Fsp3) is 1.00. The van der Waals surface area contributed by atoms with E-state index in [0.29, 0.717) is 0 Å². The molecule has 0 aliphatic carbocycles. The molecule has 0 aromatic carbocycles. The molecule has 0 rings (SSSR count). The van der Waals surface area contributed by atoms with Gasteiger partial charge < -0.3 is 10.6 Å². The summed E-state index contributed by atoms with van der Waals surface area (Å²) < 4.78 is 0. The minimum absolute atomic E-state index is 0. The molecule has 5 heavy (non-hydrogen) atoms. The normalized spacial score (nSPS) is 3.60. The molecule has 0 spiro atoms. The van der Waals surface area contributed by atoms with Gasteiger partial charge in [0.2, 0.25) is 0 Å². The number of rotatable bonds is 0. The van der Waals surface area contributed by atoms with Gasteiger partial charge >= 0.3 is 23.1 Å². The van der Waals surface area contributed by atoms with Crippen molar-refractivity contribution in [3.63, 3.8) is 0 Å². The number of hydrogen-bond acceptors (Lipinski definition) is 2. The monoisotopic (exact) mass is 86.0 g/mol. The molecular weight excluding hydrogens is 80.3 g/mol. The first-order valence-electron chi connectivity index (χ1n) is 0.996. The molecule has 28 valence electrons. The zero-order valence-electron chi connectivity index (χ0n) is 3.27. The zero-order chi connectivity index (χ0) is 2.71. The van der Waals surface area contributed by atoms with Crippen LogP contribution in [0.5, 0.6) is 0 Å². The molecule has 0 amide bonds. The molecule has 1 N–H and O–H groups in total. The predicted molar refractivity (Wildman–Crippen MR) is 18.2 cm³/mol. The molecule has 0 bridgehead atoms.